The van der Waals surface area contributed by atoms with Gasteiger partial charge in [0.1, 0.15) is 5.75 Å². The summed E-state index contributed by atoms with van der Waals surface area (Å²) in [5.41, 5.74) is 1.32. The molecule has 0 heterocycles. The van der Waals surface area contributed by atoms with Gasteiger partial charge in [0.25, 0.3) is 0 Å². The molecular formula is C13H21NO. The van der Waals surface area contributed by atoms with Gasteiger partial charge in [-0.15, -0.1) is 0 Å². The Hall–Kier alpha value is -1.02. The SMILES string of the molecule is CCCCOc1ccc(CN(C)C)cc1. The Balaban J connectivity index is 2.42. The minimum Gasteiger partial charge on any atom is -0.494 e. The molecule has 0 aliphatic carbocycles. The van der Waals surface area contributed by atoms with E-state index in [1.54, 1.807) is 0 Å². The Labute approximate surface area is 92.9 Å². The van der Waals surface area contributed by atoms with Crippen LogP contribution in [0.15, 0.2) is 24.3 Å². The lowest BCUT2D eigenvalue weighted by Crippen LogP contribution is -2.10. The van der Waals surface area contributed by atoms with Gasteiger partial charge in [-0.25, -0.2) is 0 Å². The van der Waals surface area contributed by atoms with Crippen LogP contribution >= 0.6 is 0 Å². The number of unbranched alkanes of at least 4 members (excludes halogenated alkanes) is 1. The molecule has 1 aromatic rings. The van der Waals surface area contributed by atoms with Crippen LogP contribution in [0.25, 0.3) is 0 Å². The van der Waals surface area contributed by atoms with E-state index < -0.39 is 0 Å². The highest BCUT2D eigenvalue weighted by Crippen LogP contribution is 2.13. The van der Waals surface area contributed by atoms with Gasteiger partial charge in [0.05, 0.1) is 6.61 Å². The second kappa shape index (κ2) is 6.46. The van der Waals surface area contributed by atoms with Crippen molar-refractivity contribution in [3.8, 4) is 5.75 Å². The summed E-state index contributed by atoms with van der Waals surface area (Å²) in [5.74, 6) is 0.978. The molecule has 0 saturated carbocycles. The van der Waals surface area contributed by atoms with Crippen molar-refractivity contribution in [1.29, 1.82) is 0 Å². The number of benzene rings is 1. The Kier molecular flexibility index (Phi) is 5.19. The molecule has 0 saturated heterocycles. The zero-order valence-corrected chi connectivity index (χ0v) is 9.99. The van der Waals surface area contributed by atoms with Gasteiger partial charge >= 0.3 is 0 Å². The highest BCUT2D eigenvalue weighted by Gasteiger charge is 1.96. The molecule has 2 nitrogen and oxygen atoms in total. The summed E-state index contributed by atoms with van der Waals surface area (Å²) in [7, 11) is 4.15. The molecule has 0 fully saturated rings. The van der Waals surface area contributed by atoms with E-state index in [4.69, 9.17) is 4.74 Å². The minimum absolute atomic E-state index is 0.823. The quantitative estimate of drug-likeness (QED) is 0.665. The molecule has 0 aliphatic heterocycles. The summed E-state index contributed by atoms with van der Waals surface area (Å²) in [6.45, 7) is 3.97. The summed E-state index contributed by atoms with van der Waals surface area (Å²) < 4.78 is 5.59. The topological polar surface area (TPSA) is 12.5 Å². The van der Waals surface area contributed by atoms with Crippen molar-refractivity contribution in [1.82, 2.24) is 4.90 Å². The molecule has 1 aromatic carbocycles. The van der Waals surface area contributed by atoms with Crippen molar-refractivity contribution in [3.63, 3.8) is 0 Å². The number of hydrogen-bond donors (Lipinski definition) is 0. The number of nitrogens with zero attached hydrogens (tertiary/aromatic N) is 1. The molecule has 0 bridgehead atoms. The monoisotopic (exact) mass is 207 g/mol. The number of hydrogen-bond acceptors (Lipinski definition) is 2. The normalized spacial score (nSPS) is 10.7. The van der Waals surface area contributed by atoms with E-state index in [1.165, 1.54) is 12.0 Å². The molecule has 2 heteroatoms. The third-order valence-corrected chi connectivity index (χ3v) is 2.19. The summed E-state index contributed by atoms with van der Waals surface area (Å²) in [4.78, 5) is 2.16. The molecule has 0 atom stereocenters. The first-order valence-electron chi connectivity index (χ1n) is 5.59. The Bertz CT molecular complexity index is 266. The Morgan fingerprint density at radius 3 is 2.33 bits per heavy atom. The summed E-state index contributed by atoms with van der Waals surface area (Å²) >= 11 is 0. The lowest BCUT2D eigenvalue weighted by molar-refractivity contribution is 0.309. The van der Waals surface area contributed by atoms with Crippen LogP contribution in [0.2, 0.25) is 0 Å². The Morgan fingerprint density at radius 1 is 1.13 bits per heavy atom. The van der Waals surface area contributed by atoms with E-state index in [0.29, 0.717) is 0 Å². The van der Waals surface area contributed by atoms with Gasteiger partial charge in [0.15, 0.2) is 0 Å². The van der Waals surface area contributed by atoms with E-state index in [0.717, 1.165) is 25.3 Å². The molecule has 0 N–H and O–H groups in total. The summed E-state index contributed by atoms with van der Waals surface area (Å²) in [6, 6.07) is 8.35. The van der Waals surface area contributed by atoms with Gasteiger partial charge in [0, 0.05) is 6.54 Å². The maximum atomic E-state index is 5.59. The predicted molar refractivity (Wildman–Crippen MR) is 64.2 cm³/mol. The highest BCUT2D eigenvalue weighted by molar-refractivity contribution is 5.27. The summed E-state index contributed by atoms with van der Waals surface area (Å²) in [5, 5.41) is 0. The lowest BCUT2D eigenvalue weighted by Gasteiger charge is -2.10. The number of rotatable bonds is 6. The van der Waals surface area contributed by atoms with Crippen LogP contribution in [0.1, 0.15) is 25.3 Å². The van der Waals surface area contributed by atoms with Crippen LogP contribution in [-0.4, -0.2) is 25.6 Å². The third kappa shape index (κ3) is 4.84. The van der Waals surface area contributed by atoms with Crippen LogP contribution in [0.3, 0.4) is 0 Å². The molecule has 0 aliphatic rings. The molecule has 0 radical (unpaired) electrons. The zero-order chi connectivity index (χ0) is 11.1. The van der Waals surface area contributed by atoms with Crippen molar-refractivity contribution in [3.05, 3.63) is 29.8 Å². The zero-order valence-electron chi connectivity index (χ0n) is 9.99. The van der Waals surface area contributed by atoms with Crippen molar-refractivity contribution in [2.24, 2.45) is 0 Å². The molecule has 0 amide bonds. The molecule has 0 aromatic heterocycles. The number of ether oxygens (including phenoxy) is 1. The van der Waals surface area contributed by atoms with E-state index in [2.05, 4.69) is 50.2 Å². The maximum Gasteiger partial charge on any atom is 0.119 e. The minimum atomic E-state index is 0.823. The van der Waals surface area contributed by atoms with Crippen molar-refractivity contribution < 1.29 is 4.74 Å². The molecular weight excluding hydrogens is 186 g/mol. The first-order chi connectivity index (χ1) is 7.22. The van der Waals surface area contributed by atoms with Crippen LogP contribution in [0, 0.1) is 0 Å². The van der Waals surface area contributed by atoms with Crippen LogP contribution < -0.4 is 4.74 Å². The largest absolute Gasteiger partial charge is 0.494 e. The van der Waals surface area contributed by atoms with E-state index in [1.807, 2.05) is 0 Å². The van der Waals surface area contributed by atoms with Gasteiger partial charge in [-0.3, -0.25) is 0 Å². The molecule has 0 unspecified atom stereocenters. The molecule has 84 valence electrons. The highest BCUT2D eigenvalue weighted by atomic mass is 16.5. The fourth-order valence-electron chi connectivity index (χ4n) is 1.39. The van der Waals surface area contributed by atoms with Gasteiger partial charge < -0.3 is 9.64 Å². The first-order valence-corrected chi connectivity index (χ1v) is 5.59. The molecule has 15 heavy (non-hydrogen) atoms. The van der Waals surface area contributed by atoms with Crippen molar-refractivity contribution in [2.75, 3.05) is 20.7 Å². The van der Waals surface area contributed by atoms with Crippen molar-refractivity contribution >= 4 is 0 Å². The smallest absolute Gasteiger partial charge is 0.119 e. The Morgan fingerprint density at radius 2 is 1.80 bits per heavy atom. The second-order valence-electron chi connectivity index (χ2n) is 4.08. The average molecular weight is 207 g/mol. The maximum absolute atomic E-state index is 5.59. The van der Waals surface area contributed by atoms with Gasteiger partial charge in [-0.2, -0.15) is 0 Å². The van der Waals surface area contributed by atoms with Gasteiger partial charge in [-0.1, -0.05) is 25.5 Å². The standard InChI is InChI=1S/C13H21NO/c1-4-5-10-15-13-8-6-12(7-9-13)11-14(2)3/h6-9H,4-5,10-11H2,1-3H3. The third-order valence-electron chi connectivity index (χ3n) is 2.19. The fraction of sp³-hybridized carbons (Fsp3) is 0.538. The van der Waals surface area contributed by atoms with Gasteiger partial charge in [0.2, 0.25) is 0 Å². The van der Waals surface area contributed by atoms with Gasteiger partial charge in [-0.05, 0) is 38.2 Å². The van der Waals surface area contributed by atoms with E-state index >= 15 is 0 Å². The van der Waals surface area contributed by atoms with Crippen molar-refractivity contribution in [2.45, 2.75) is 26.3 Å². The lowest BCUT2D eigenvalue weighted by atomic mass is 10.2. The second-order valence-corrected chi connectivity index (χ2v) is 4.08. The average Bonchev–Trinajstić information content (AvgIpc) is 2.20. The van der Waals surface area contributed by atoms with Crippen LogP contribution in [0.4, 0.5) is 0 Å². The first kappa shape index (κ1) is 12.1. The molecule has 0 spiro atoms. The fourth-order valence-corrected chi connectivity index (χ4v) is 1.39. The van der Waals surface area contributed by atoms with Crippen LogP contribution in [-0.2, 0) is 6.54 Å². The van der Waals surface area contributed by atoms with Crippen LogP contribution in [0.5, 0.6) is 5.75 Å². The van der Waals surface area contributed by atoms with E-state index in [9.17, 15) is 0 Å². The molecule has 1 rings (SSSR count). The summed E-state index contributed by atoms with van der Waals surface area (Å²) in [6.07, 6.45) is 2.30. The van der Waals surface area contributed by atoms with E-state index in [-0.39, 0.29) is 0 Å². The predicted octanol–water partition coefficient (Wildman–Crippen LogP) is 2.93.